The van der Waals surface area contributed by atoms with Gasteiger partial charge in [0.05, 0.1) is 0 Å². The Labute approximate surface area is 155 Å². The molecule has 25 heavy (non-hydrogen) atoms. The van der Waals surface area contributed by atoms with Crippen LogP contribution in [0.3, 0.4) is 0 Å². The lowest BCUT2D eigenvalue weighted by molar-refractivity contribution is 1.14. The summed E-state index contributed by atoms with van der Waals surface area (Å²) in [6.45, 7) is 0. The number of nitrogen functional groups attached to an aromatic ring is 1. The number of nitrogens with two attached hydrogens (primary N) is 1. The standard InChI is InChI=1S/C22H20N2.H2S/c1-24(2)20-14-12-16-8-4-6-10-18(16)22(20)21-17-9-5-3-7-15(17)11-13-19(21)23;/h3-14H,23H2,1-2H3;1H2. The summed E-state index contributed by atoms with van der Waals surface area (Å²) in [7, 11) is 4.16. The Bertz CT molecular complexity index is 1050. The van der Waals surface area contributed by atoms with Gasteiger partial charge in [-0.25, -0.2) is 0 Å². The lowest BCUT2D eigenvalue weighted by atomic mass is 9.91. The van der Waals surface area contributed by atoms with Crippen molar-refractivity contribution < 1.29 is 0 Å². The lowest BCUT2D eigenvalue weighted by Crippen LogP contribution is -2.10. The first-order valence-electron chi connectivity index (χ1n) is 8.13. The molecule has 0 amide bonds. The van der Waals surface area contributed by atoms with Crippen molar-refractivity contribution in [2.75, 3.05) is 24.7 Å². The molecule has 0 aliphatic heterocycles. The molecule has 0 bridgehead atoms. The molecule has 0 fully saturated rings. The Morgan fingerprint density at radius 3 is 1.76 bits per heavy atom. The molecule has 0 radical (unpaired) electrons. The van der Waals surface area contributed by atoms with Crippen LogP contribution in [0.2, 0.25) is 0 Å². The van der Waals surface area contributed by atoms with E-state index >= 15 is 0 Å². The Balaban J connectivity index is 0.00000182. The minimum Gasteiger partial charge on any atom is -0.398 e. The number of anilines is 2. The average Bonchev–Trinajstić information content (AvgIpc) is 2.61. The quantitative estimate of drug-likeness (QED) is 0.491. The van der Waals surface area contributed by atoms with Crippen molar-refractivity contribution in [1.82, 2.24) is 0 Å². The van der Waals surface area contributed by atoms with Gasteiger partial charge in [0.2, 0.25) is 0 Å². The van der Waals surface area contributed by atoms with E-state index < -0.39 is 0 Å². The minimum atomic E-state index is 0. The summed E-state index contributed by atoms with van der Waals surface area (Å²) < 4.78 is 0. The monoisotopic (exact) mass is 346 g/mol. The van der Waals surface area contributed by atoms with Gasteiger partial charge >= 0.3 is 0 Å². The maximum Gasteiger partial charge on any atom is 0.0448 e. The second kappa shape index (κ2) is 6.69. The molecule has 4 aromatic carbocycles. The van der Waals surface area contributed by atoms with Crippen LogP contribution in [0, 0.1) is 0 Å². The summed E-state index contributed by atoms with van der Waals surface area (Å²) in [6, 6.07) is 25.4. The number of hydrogen-bond acceptors (Lipinski definition) is 2. The summed E-state index contributed by atoms with van der Waals surface area (Å²) in [5.41, 5.74) is 10.8. The van der Waals surface area contributed by atoms with Crippen LogP contribution in [0.15, 0.2) is 72.8 Å². The minimum absolute atomic E-state index is 0. The number of nitrogens with zero attached hydrogens (tertiary/aromatic N) is 1. The highest BCUT2D eigenvalue weighted by molar-refractivity contribution is 7.59. The van der Waals surface area contributed by atoms with E-state index in [4.69, 9.17) is 5.73 Å². The molecule has 2 nitrogen and oxygen atoms in total. The largest absolute Gasteiger partial charge is 0.398 e. The van der Waals surface area contributed by atoms with E-state index in [0.717, 1.165) is 11.3 Å². The molecule has 4 aromatic rings. The van der Waals surface area contributed by atoms with Crippen LogP contribution in [0.25, 0.3) is 32.7 Å². The predicted octanol–water partition coefficient (Wildman–Crippen LogP) is 5.42. The van der Waals surface area contributed by atoms with Crippen molar-refractivity contribution in [3.63, 3.8) is 0 Å². The first-order valence-corrected chi connectivity index (χ1v) is 8.13. The maximum atomic E-state index is 6.46. The smallest absolute Gasteiger partial charge is 0.0448 e. The zero-order valence-electron chi connectivity index (χ0n) is 14.5. The fourth-order valence-electron chi connectivity index (χ4n) is 3.46. The van der Waals surface area contributed by atoms with Crippen molar-refractivity contribution in [3.05, 3.63) is 72.8 Å². The van der Waals surface area contributed by atoms with Crippen molar-refractivity contribution >= 4 is 46.4 Å². The highest BCUT2D eigenvalue weighted by Crippen LogP contribution is 2.43. The number of benzene rings is 4. The van der Waals surface area contributed by atoms with Crippen LogP contribution in [0.5, 0.6) is 0 Å². The molecule has 0 aliphatic carbocycles. The van der Waals surface area contributed by atoms with E-state index in [0.29, 0.717) is 0 Å². The van der Waals surface area contributed by atoms with Gasteiger partial charge in [-0.1, -0.05) is 60.7 Å². The molecule has 0 spiro atoms. The summed E-state index contributed by atoms with van der Waals surface area (Å²) >= 11 is 0. The van der Waals surface area contributed by atoms with E-state index in [-0.39, 0.29) is 13.5 Å². The molecule has 3 heteroatoms. The third-order valence-corrected chi connectivity index (χ3v) is 4.60. The van der Waals surface area contributed by atoms with Crippen LogP contribution >= 0.6 is 13.5 Å². The zero-order chi connectivity index (χ0) is 16.7. The first-order chi connectivity index (χ1) is 11.7. The summed E-state index contributed by atoms with van der Waals surface area (Å²) in [6.07, 6.45) is 0. The first kappa shape index (κ1) is 17.2. The average molecular weight is 346 g/mol. The molecule has 4 rings (SSSR count). The number of rotatable bonds is 2. The highest BCUT2D eigenvalue weighted by Gasteiger charge is 2.16. The number of hydrogen-bond donors (Lipinski definition) is 1. The van der Waals surface area contributed by atoms with Crippen molar-refractivity contribution in [2.45, 2.75) is 0 Å². The second-order valence-corrected chi connectivity index (χ2v) is 6.33. The van der Waals surface area contributed by atoms with Gasteiger partial charge in [0.15, 0.2) is 0 Å². The van der Waals surface area contributed by atoms with Gasteiger partial charge in [-0.05, 0) is 33.7 Å². The Morgan fingerprint density at radius 2 is 1.16 bits per heavy atom. The third kappa shape index (κ3) is 2.81. The molecule has 0 aromatic heterocycles. The van der Waals surface area contributed by atoms with Gasteiger partial charge in [-0.2, -0.15) is 13.5 Å². The van der Waals surface area contributed by atoms with Crippen LogP contribution < -0.4 is 10.6 Å². The van der Waals surface area contributed by atoms with E-state index in [9.17, 15) is 0 Å². The van der Waals surface area contributed by atoms with Gasteiger partial charge in [0, 0.05) is 36.6 Å². The molecule has 0 saturated carbocycles. The van der Waals surface area contributed by atoms with E-state index in [1.54, 1.807) is 0 Å². The van der Waals surface area contributed by atoms with Gasteiger partial charge in [-0.3, -0.25) is 0 Å². The summed E-state index contributed by atoms with van der Waals surface area (Å²) in [5.74, 6) is 0. The zero-order valence-corrected chi connectivity index (χ0v) is 15.5. The SMILES string of the molecule is CN(C)c1ccc2ccccc2c1-c1c(N)ccc2ccccc12.S. The van der Waals surface area contributed by atoms with Crippen LogP contribution in [-0.2, 0) is 0 Å². The molecule has 0 aliphatic rings. The van der Waals surface area contributed by atoms with E-state index in [1.165, 1.54) is 32.8 Å². The Morgan fingerprint density at radius 1 is 0.640 bits per heavy atom. The van der Waals surface area contributed by atoms with Crippen molar-refractivity contribution in [1.29, 1.82) is 0 Å². The molecule has 2 N–H and O–H groups in total. The molecule has 0 atom stereocenters. The fourth-order valence-corrected chi connectivity index (χ4v) is 3.46. The van der Waals surface area contributed by atoms with Crippen molar-refractivity contribution in [3.8, 4) is 11.1 Å². The fraction of sp³-hybridized carbons (Fsp3) is 0.0909. The van der Waals surface area contributed by atoms with E-state index in [1.807, 2.05) is 6.07 Å². The van der Waals surface area contributed by atoms with Crippen LogP contribution in [0.4, 0.5) is 11.4 Å². The topological polar surface area (TPSA) is 29.3 Å². The summed E-state index contributed by atoms with van der Waals surface area (Å²) in [5, 5.41) is 4.86. The van der Waals surface area contributed by atoms with Crippen LogP contribution in [0.1, 0.15) is 0 Å². The molecule has 126 valence electrons. The highest BCUT2D eigenvalue weighted by atomic mass is 32.1. The van der Waals surface area contributed by atoms with Crippen LogP contribution in [-0.4, -0.2) is 14.1 Å². The molecule has 0 unspecified atom stereocenters. The predicted molar refractivity (Wildman–Crippen MR) is 116 cm³/mol. The molecular formula is C22H22N2S. The second-order valence-electron chi connectivity index (χ2n) is 6.33. The van der Waals surface area contributed by atoms with Crippen molar-refractivity contribution in [2.24, 2.45) is 0 Å². The van der Waals surface area contributed by atoms with E-state index in [2.05, 4.69) is 85.7 Å². The summed E-state index contributed by atoms with van der Waals surface area (Å²) in [4.78, 5) is 2.16. The van der Waals surface area contributed by atoms with Gasteiger partial charge in [0.25, 0.3) is 0 Å². The third-order valence-electron chi connectivity index (χ3n) is 4.60. The van der Waals surface area contributed by atoms with Gasteiger partial charge in [-0.15, -0.1) is 0 Å². The lowest BCUT2D eigenvalue weighted by Gasteiger charge is -2.22. The van der Waals surface area contributed by atoms with Gasteiger partial charge < -0.3 is 10.6 Å². The molecular weight excluding hydrogens is 324 g/mol. The van der Waals surface area contributed by atoms with Gasteiger partial charge in [0.1, 0.15) is 0 Å². The normalized spacial score (nSPS) is 10.6. The maximum absolute atomic E-state index is 6.46. The Hall–Kier alpha value is -2.65. The Kier molecular flexibility index (Phi) is 4.60. The molecule has 0 heterocycles. The number of fused-ring (bicyclic) bond motifs is 2. The molecule has 0 saturated heterocycles.